The van der Waals surface area contributed by atoms with Gasteiger partial charge in [-0.15, -0.1) is 21.5 Å². The monoisotopic (exact) mass is 496 g/mol. The highest BCUT2D eigenvalue weighted by Gasteiger charge is 2.23. The van der Waals surface area contributed by atoms with Crippen LogP contribution in [0.2, 0.25) is 10.0 Å². The van der Waals surface area contributed by atoms with Crippen LogP contribution in [-0.2, 0) is 16.1 Å². The Bertz CT molecular complexity index is 1040. The van der Waals surface area contributed by atoms with Crippen molar-refractivity contribution in [2.24, 2.45) is 0 Å². The first kappa shape index (κ1) is 22.6. The molecule has 1 N–H and O–H groups in total. The van der Waals surface area contributed by atoms with Crippen LogP contribution in [0.15, 0.2) is 40.9 Å². The molecule has 1 aromatic carbocycles. The third kappa shape index (κ3) is 5.62. The van der Waals surface area contributed by atoms with Crippen LogP contribution in [0.25, 0.3) is 10.7 Å². The number of nitrogens with zero attached hydrogens (tertiary/aromatic N) is 3. The smallest absolute Gasteiger partial charge is 0.230 e. The molecule has 1 saturated heterocycles. The second-order valence-corrected chi connectivity index (χ2v) is 10.0. The van der Waals surface area contributed by atoms with E-state index >= 15 is 0 Å². The molecule has 1 fully saturated rings. The molecule has 1 aliphatic rings. The molecule has 2 unspecified atom stereocenters. The van der Waals surface area contributed by atoms with E-state index in [0.29, 0.717) is 21.7 Å². The first-order valence-corrected chi connectivity index (χ1v) is 12.6. The minimum Gasteiger partial charge on any atom is -0.376 e. The van der Waals surface area contributed by atoms with E-state index in [1.54, 1.807) is 23.5 Å². The van der Waals surface area contributed by atoms with Crippen LogP contribution >= 0.6 is 46.3 Å². The number of hydrogen-bond acceptors (Lipinski definition) is 6. The molecule has 4 rings (SSSR count). The third-order valence-electron chi connectivity index (χ3n) is 5.01. The van der Waals surface area contributed by atoms with Gasteiger partial charge in [0.05, 0.1) is 29.3 Å². The molecule has 6 nitrogen and oxygen atoms in total. The Morgan fingerprint density at radius 2 is 2.26 bits per heavy atom. The summed E-state index contributed by atoms with van der Waals surface area (Å²) in [6.45, 7) is 3.37. The highest BCUT2D eigenvalue weighted by atomic mass is 35.5. The summed E-state index contributed by atoms with van der Waals surface area (Å²) >= 11 is 15.2. The minimum atomic E-state index is -0.232. The van der Waals surface area contributed by atoms with Crippen LogP contribution in [0.4, 0.5) is 0 Å². The van der Waals surface area contributed by atoms with Gasteiger partial charge < -0.3 is 10.1 Å². The number of rotatable bonds is 8. The van der Waals surface area contributed by atoms with Gasteiger partial charge in [-0.05, 0) is 48.9 Å². The maximum Gasteiger partial charge on any atom is 0.230 e. The molecule has 1 aliphatic heterocycles. The Morgan fingerprint density at radius 3 is 2.97 bits per heavy atom. The molecule has 0 saturated carbocycles. The van der Waals surface area contributed by atoms with Gasteiger partial charge in [-0.3, -0.25) is 9.36 Å². The summed E-state index contributed by atoms with van der Waals surface area (Å²) in [6, 6.07) is 9.06. The highest BCUT2D eigenvalue weighted by Crippen LogP contribution is 2.30. The van der Waals surface area contributed by atoms with E-state index in [1.807, 2.05) is 30.5 Å². The lowest BCUT2D eigenvalue weighted by molar-refractivity contribution is -0.119. The van der Waals surface area contributed by atoms with Crippen LogP contribution < -0.4 is 5.32 Å². The quantitative estimate of drug-likeness (QED) is 0.419. The molecule has 0 radical (unpaired) electrons. The number of amides is 1. The van der Waals surface area contributed by atoms with Crippen molar-refractivity contribution in [3.8, 4) is 10.7 Å². The van der Waals surface area contributed by atoms with Gasteiger partial charge in [0.15, 0.2) is 11.0 Å². The number of ether oxygens (including phenoxy) is 1. The lowest BCUT2D eigenvalue weighted by atomic mass is 10.1. The van der Waals surface area contributed by atoms with Gasteiger partial charge in [-0.2, -0.15) is 0 Å². The zero-order valence-corrected chi connectivity index (χ0v) is 20.0. The Morgan fingerprint density at radius 1 is 1.39 bits per heavy atom. The second-order valence-electron chi connectivity index (χ2n) is 7.27. The number of thiophene rings is 1. The van der Waals surface area contributed by atoms with E-state index in [2.05, 4.69) is 20.1 Å². The van der Waals surface area contributed by atoms with Gasteiger partial charge in [0.25, 0.3) is 0 Å². The van der Waals surface area contributed by atoms with Crippen molar-refractivity contribution in [2.75, 3.05) is 12.4 Å². The average Bonchev–Trinajstić information content (AvgIpc) is 3.49. The molecule has 164 valence electrons. The standard InChI is InChI=1S/C21H22Cl2N4O2S2/c1-13(16-7-6-14(22)10-17(16)23)24-19(28)12-31-21-26-25-20(18-5-3-9-30-18)27(21)11-15-4-2-8-29-15/h3,5-7,9-10,13,15H,2,4,8,11-12H2,1H3,(H,24,28). The second kappa shape index (κ2) is 10.4. The number of halogens is 2. The molecular weight excluding hydrogens is 475 g/mol. The van der Waals surface area contributed by atoms with Crippen LogP contribution in [0.1, 0.15) is 31.4 Å². The van der Waals surface area contributed by atoms with Gasteiger partial charge in [0.1, 0.15) is 0 Å². The van der Waals surface area contributed by atoms with Crippen LogP contribution in [0, 0.1) is 0 Å². The first-order chi connectivity index (χ1) is 15.0. The molecular formula is C21H22Cl2N4O2S2. The van der Waals surface area contributed by atoms with Crippen molar-refractivity contribution in [2.45, 2.75) is 43.6 Å². The molecule has 31 heavy (non-hydrogen) atoms. The maximum atomic E-state index is 12.6. The van der Waals surface area contributed by atoms with Crippen LogP contribution in [0.3, 0.4) is 0 Å². The van der Waals surface area contributed by atoms with Gasteiger partial charge in [0, 0.05) is 16.7 Å². The fourth-order valence-electron chi connectivity index (χ4n) is 3.48. The number of thioether (sulfide) groups is 1. The third-order valence-corrected chi connectivity index (χ3v) is 7.40. The summed E-state index contributed by atoms with van der Waals surface area (Å²) in [4.78, 5) is 13.6. The lowest BCUT2D eigenvalue weighted by Gasteiger charge is -2.16. The van der Waals surface area contributed by atoms with E-state index in [-0.39, 0.29) is 23.8 Å². The molecule has 3 heterocycles. The Kier molecular flexibility index (Phi) is 7.55. The van der Waals surface area contributed by atoms with Crippen molar-refractivity contribution in [1.82, 2.24) is 20.1 Å². The number of nitrogens with one attached hydrogen (secondary N) is 1. The van der Waals surface area contributed by atoms with Gasteiger partial charge in [-0.1, -0.05) is 47.1 Å². The van der Waals surface area contributed by atoms with Crippen molar-refractivity contribution in [3.05, 3.63) is 51.3 Å². The average molecular weight is 497 g/mol. The number of benzene rings is 1. The summed E-state index contributed by atoms with van der Waals surface area (Å²) in [5, 5.41) is 15.6. The summed E-state index contributed by atoms with van der Waals surface area (Å²) < 4.78 is 7.89. The molecule has 2 aromatic heterocycles. The Hall–Kier alpha value is -1.58. The van der Waals surface area contributed by atoms with E-state index in [1.165, 1.54) is 11.8 Å². The minimum absolute atomic E-state index is 0.104. The molecule has 0 spiro atoms. The predicted molar refractivity (Wildman–Crippen MR) is 126 cm³/mol. The number of carbonyl (C=O) groups is 1. The van der Waals surface area contributed by atoms with E-state index < -0.39 is 0 Å². The maximum absolute atomic E-state index is 12.6. The lowest BCUT2D eigenvalue weighted by Crippen LogP contribution is -2.28. The summed E-state index contributed by atoms with van der Waals surface area (Å²) in [7, 11) is 0. The van der Waals surface area contributed by atoms with Crippen molar-refractivity contribution in [3.63, 3.8) is 0 Å². The van der Waals surface area contributed by atoms with Gasteiger partial charge in [0.2, 0.25) is 5.91 Å². The molecule has 0 aliphatic carbocycles. The highest BCUT2D eigenvalue weighted by molar-refractivity contribution is 7.99. The molecule has 10 heteroatoms. The topological polar surface area (TPSA) is 69.0 Å². The van der Waals surface area contributed by atoms with Crippen molar-refractivity contribution < 1.29 is 9.53 Å². The molecule has 0 bridgehead atoms. The fraction of sp³-hybridized carbons (Fsp3) is 0.381. The fourth-order valence-corrected chi connectivity index (χ4v) is 5.53. The van der Waals surface area contributed by atoms with Crippen molar-refractivity contribution >= 4 is 52.2 Å². The van der Waals surface area contributed by atoms with E-state index in [4.69, 9.17) is 27.9 Å². The zero-order valence-electron chi connectivity index (χ0n) is 16.9. The first-order valence-electron chi connectivity index (χ1n) is 9.97. The van der Waals surface area contributed by atoms with Crippen molar-refractivity contribution in [1.29, 1.82) is 0 Å². The molecule has 2 atom stereocenters. The largest absolute Gasteiger partial charge is 0.376 e. The van der Waals surface area contributed by atoms with Gasteiger partial charge >= 0.3 is 0 Å². The van der Waals surface area contributed by atoms with E-state index in [0.717, 1.165) is 35.7 Å². The summed E-state index contributed by atoms with van der Waals surface area (Å²) in [5.41, 5.74) is 0.825. The summed E-state index contributed by atoms with van der Waals surface area (Å²) in [6.07, 6.45) is 2.23. The van der Waals surface area contributed by atoms with Gasteiger partial charge in [-0.25, -0.2) is 0 Å². The zero-order chi connectivity index (χ0) is 21.8. The summed E-state index contributed by atoms with van der Waals surface area (Å²) in [5.74, 6) is 0.937. The van der Waals surface area contributed by atoms with Crippen LogP contribution in [0.5, 0.6) is 0 Å². The molecule has 1 amide bonds. The number of carbonyl (C=O) groups excluding carboxylic acids is 1. The van der Waals surface area contributed by atoms with E-state index in [9.17, 15) is 4.79 Å². The predicted octanol–water partition coefficient (Wildman–Crippen LogP) is 5.46. The van der Waals surface area contributed by atoms with Crippen LogP contribution in [-0.4, -0.2) is 39.1 Å². The number of aromatic nitrogens is 3. The Balaban J connectivity index is 1.43. The normalized spacial score (nSPS) is 17.1. The molecule has 3 aromatic rings. The SMILES string of the molecule is CC(NC(=O)CSc1nnc(-c2cccs2)n1CC1CCCO1)c1ccc(Cl)cc1Cl. The number of hydrogen-bond donors (Lipinski definition) is 1. The Labute approximate surface area is 199 Å².